The molecule has 1 aromatic carbocycles. The first-order valence-corrected chi connectivity index (χ1v) is 12.2. The monoisotopic (exact) mass is 437 g/mol. The summed E-state index contributed by atoms with van der Waals surface area (Å²) < 4.78 is 5.76. The van der Waals surface area contributed by atoms with E-state index in [1.54, 1.807) is 0 Å². The lowest BCUT2D eigenvalue weighted by Crippen LogP contribution is -2.49. The smallest absolute Gasteiger partial charge is 0.208 e. The number of oxazole rings is 1. The molecule has 2 aliphatic rings. The molecule has 6 nitrogen and oxygen atoms in total. The quantitative estimate of drug-likeness (QED) is 0.561. The van der Waals surface area contributed by atoms with Crippen LogP contribution in [0.15, 0.2) is 39.7 Å². The molecule has 2 fully saturated rings. The van der Waals surface area contributed by atoms with E-state index in [-0.39, 0.29) is 0 Å². The van der Waals surface area contributed by atoms with Gasteiger partial charge in [0.05, 0.1) is 12.2 Å². The zero-order chi connectivity index (χ0) is 22.5. The summed E-state index contributed by atoms with van der Waals surface area (Å²) in [6.07, 6.45) is 3.59. The topological polar surface area (TPSA) is 56.9 Å². The number of guanidine groups is 1. The molecule has 6 heteroatoms. The van der Waals surface area contributed by atoms with Crippen LogP contribution in [0.5, 0.6) is 0 Å². The van der Waals surface area contributed by atoms with Gasteiger partial charge in [0.2, 0.25) is 5.89 Å². The number of nitrogens with one attached hydrogen (secondary N) is 1. The molecule has 0 amide bonds. The van der Waals surface area contributed by atoms with Gasteiger partial charge in [-0.2, -0.15) is 0 Å². The number of rotatable bonds is 5. The molecule has 2 aliphatic heterocycles. The van der Waals surface area contributed by atoms with Crippen molar-refractivity contribution in [3.05, 3.63) is 53.2 Å². The number of piperidine rings is 2. The van der Waals surface area contributed by atoms with Gasteiger partial charge in [-0.15, -0.1) is 0 Å². The number of aryl methyl sites for hydroxylation is 2. The van der Waals surface area contributed by atoms with Gasteiger partial charge in [-0.3, -0.25) is 9.89 Å². The van der Waals surface area contributed by atoms with Crippen molar-refractivity contribution in [1.82, 2.24) is 20.1 Å². The summed E-state index contributed by atoms with van der Waals surface area (Å²) >= 11 is 0. The molecule has 0 radical (unpaired) electrons. The van der Waals surface area contributed by atoms with Crippen molar-refractivity contribution in [2.24, 2.45) is 16.8 Å². The third-order valence-electron chi connectivity index (χ3n) is 7.33. The van der Waals surface area contributed by atoms with E-state index in [2.05, 4.69) is 62.3 Å². The fourth-order valence-corrected chi connectivity index (χ4v) is 5.25. The Morgan fingerprint density at radius 1 is 1.12 bits per heavy atom. The molecule has 2 atom stereocenters. The predicted octanol–water partition coefficient (Wildman–Crippen LogP) is 4.20. The first-order chi connectivity index (χ1) is 15.5. The first kappa shape index (κ1) is 22.8. The summed E-state index contributed by atoms with van der Waals surface area (Å²) in [7, 11) is 1.92. The normalized spacial score (nSPS) is 23.5. The summed E-state index contributed by atoms with van der Waals surface area (Å²) in [6.45, 7) is 12.5. The maximum atomic E-state index is 5.76. The van der Waals surface area contributed by atoms with Crippen LogP contribution < -0.4 is 5.32 Å². The molecule has 0 spiro atoms. The summed E-state index contributed by atoms with van der Waals surface area (Å²) in [6, 6.07) is 11.0. The number of nitrogens with zero attached hydrogens (tertiary/aromatic N) is 4. The highest BCUT2D eigenvalue weighted by Crippen LogP contribution is 2.32. The van der Waals surface area contributed by atoms with Gasteiger partial charge in [0.25, 0.3) is 0 Å². The SMILES string of the molecule is CN=C(NCC1CCN(Cc2nc(C)c(C)o2)CC1)N1CCC(c2ccccc2)C(C)C1. The second kappa shape index (κ2) is 10.5. The van der Waals surface area contributed by atoms with Crippen molar-refractivity contribution in [2.75, 3.05) is 39.8 Å². The first-order valence-electron chi connectivity index (χ1n) is 12.2. The zero-order valence-corrected chi connectivity index (χ0v) is 20.2. The lowest BCUT2D eigenvalue weighted by Gasteiger charge is -2.39. The molecule has 2 aromatic rings. The Morgan fingerprint density at radius 3 is 2.50 bits per heavy atom. The second-order valence-electron chi connectivity index (χ2n) is 9.63. The molecular weight excluding hydrogens is 398 g/mol. The predicted molar refractivity (Wildman–Crippen MR) is 130 cm³/mol. The molecule has 1 N–H and O–H groups in total. The summed E-state index contributed by atoms with van der Waals surface area (Å²) in [5.74, 6) is 4.81. The van der Waals surface area contributed by atoms with Crippen molar-refractivity contribution in [3.8, 4) is 0 Å². The van der Waals surface area contributed by atoms with E-state index in [1.165, 1.54) is 24.8 Å². The maximum Gasteiger partial charge on any atom is 0.208 e. The van der Waals surface area contributed by atoms with Crippen LogP contribution in [0.4, 0.5) is 0 Å². The fourth-order valence-electron chi connectivity index (χ4n) is 5.25. The average molecular weight is 438 g/mol. The summed E-state index contributed by atoms with van der Waals surface area (Å²) in [5, 5.41) is 3.69. The molecule has 0 bridgehead atoms. The van der Waals surface area contributed by atoms with Gasteiger partial charge in [-0.1, -0.05) is 37.3 Å². The largest absolute Gasteiger partial charge is 0.444 e. The van der Waals surface area contributed by atoms with E-state index in [0.29, 0.717) is 17.8 Å². The molecule has 0 saturated carbocycles. The lowest BCUT2D eigenvalue weighted by molar-refractivity contribution is 0.163. The highest BCUT2D eigenvalue weighted by Gasteiger charge is 2.29. The van der Waals surface area contributed by atoms with E-state index in [0.717, 1.165) is 62.6 Å². The Labute approximate surface area is 193 Å². The third kappa shape index (κ3) is 5.52. The van der Waals surface area contributed by atoms with Crippen molar-refractivity contribution in [2.45, 2.75) is 52.5 Å². The summed E-state index contributed by atoms with van der Waals surface area (Å²) in [4.78, 5) is 14.1. The van der Waals surface area contributed by atoms with Crippen LogP contribution in [0.25, 0.3) is 0 Å². The minimum absolute atomic E-state index is 0.621. The third-order valence-corrected chi connectivity index (χ3v) is 7.33. The number of aromatic nitrogens is 1. The number of hydrogen-bond donors (Lipinski definition) is 1. The molecule has 0 aliphatic carbocycles. The minimum atomic E-state index is 0.621. The Balaban J connectivity index is 1.21. The molecule has 4 rings (SSSR count). The van der Waals surface area contributed by atoms with Gasteiger partial charge in [0.1, 0.15) is 5.76 Å². The minimum Gasteiger partial charge on any atom is -0.444 e. The Kier molecular flexibility index (Phi) is 7.51. The van der Waals surface area contributed by atoms with Gasteiger partial charge in [-0.25, -0.2) is 4.98 Å². The fraction of sp³-hybridized carbons (Fsp3) is 0.615. The van der Waals surface area contributed by atoms with Crippen molar-refractivity contribution < 1.29 is 4.42 Å². The second-order valence-corrected chi connectivity index (χ2v) is 9.63. The van der Waals surface area contributed by atoms with Crippen molar-refractivity contribution in [3.63, 3.8) is 0 Å². The van der Waals surface area contributed by atoms with Crippen LogP contribution in [0.1, 0.15) is 55.0 Å². The molecule has 2 saturated heterocycles. The Morgan fingerprint density at radius 2 is 1.88 bits per heavy atom. The Hall–Kier alpha value is -2.34. The standard InChI is InChI=1S/C26H39N5O/c1-19-17-31(15-12-24(19)23-8-6-5-7-9-23)26(27-4)28-16-22-10-13-30(14-11-22)18-25-29-20(2)21(3)32-25/h5-9,19,22,24H,10-18H2,1-4H3,(H,27,28). The molecule has 174 valence electrons. The molecule has 32 heavy (non-hydrogen) atoms. The van der Waals surface area contributed by atoms with Gasteiger partial charge in [-0.05, 0) is 69.5 Å². The number of hydrogen-bond acceptors (Lipinski definition) is 4. The van der Waals surface area contributed by atoms with E-state index in [9.17, 15) is 0 Å². The van der Waals surface area contributed by atoms with E-state index in [1.807, 2.05) is 20.9 Å². The van der Waals surface area contributed by atoms with Gasteiger partial charge < -0.3 is 14.6 Å². The van der Waals surface area contributed by atoms with Gasteiger partial charge in [0, 0.05) is 26.7 Å². The maximum absolute atomic E-state index is 5.76. The highest BCUT2D eigenvalue weighted by molar-refractivity contribution is 5.80. The van der Waals surface area contributed by atoms with Crippen molar-refractivity contribution >= 4 is 5.96 Å². The van der Waals surface area contributed by atoms with Gasteiger partial charge >= 0.3 is 0 Å². The van der Waals surface area contributed by atoms with E-state index in [4.69, 9.17) is 4.42 Å². The van der Waals surface area contributed by atoms with Gasteiger partial charge in [0.15, 0.2) is 5.96 Å². The summed E-state index contributed by atoms with van der Waals surface area (Å²) in [5.41, 5.74) is 2.48. The molecule has 3 heterocycles. The van der Waals surface area contributed by atoms with Crippen LogP contribution in [-0.4, -0.2) is 60.5 Å². The number of likely N-dealkylation sites (tertiary alicyclic amines) is 2. The van der Waals surface area contributed by atoms with Crippen molar-refractivity contribution in [1.29, 1.82) is 0 Å². The van der Waals surface area contributed by atoms with Crippen LogP contribution in [-0.2, 0) is 6.54 Å². The number of aliphatic imine (C=N–C) groups is 1. The number of benzene rings is 1. The molecule has 1 aromatic heterocycles. The van der Waals surface area contributed by atoms with E-state index >= 15 is 0 Å². The zero-order valence-electron chi connectivity index (χ0n) is 20.2. The van der Waals surface area contributed by atoms with Crippen LogP contribution in [0, 0.1) is 25.7 Å². The van der Waals surface area contributed by atoms with Crippen LogP contribution in [0.3, 0.4) is 0 Å². The Bertz CT molecular complexity index is 865. The molecule has 2 unspecified atom stereocenters. The average Bonchev–Trinajstić information content (AvgIpc) is 3.12. The lowest BCUT2D eigenvalue weighted by atomic mass is 9.82. The highest BCUT2D eigenvalue weighted by atomic mass is 16.4. The van der Waals surface area contributed by atoms with E-state index < -0.39 is 0 Å². The van der Waals surface area contributed by atoms with Crippen LogP contribution in [0.2, 0.25) is 0 Å². The molecular formula is C26H39N5O. The van der Waals surface area contributed by atoms with Crippen LogP contribution >= 0.6 is 0 Å².